The maximum Gasteiger partial charge on any atom is 0.0957 e. The van der Waals surface area contributed by atoms with E-state index in [1.54, 1.807) is 0 Å². The lowest BCUT2D eigenvalue weighted by molar-refractivity contribution is -0.00900. The third-order valence-electron chi connectivity index (χ3n) is 6.37. The second kappa shape index (κ2) is 10.0. The van der Waals surface area contributed by atoms with Gasteiger partial charge in [0, 0.05) is 23.2 Å². The van der Waals surface area contributed by atoms with Crippen LogP contribution in [-0.4, -0.2) is 41.7 Å². The molecule has 3 rings (SSSR count). The molecule has 1 aliphatic rings. The molecule has 0 unspecified atom stereocenters. The average Bonchev–Trinajstić information content (AvgIpc) is 2.73. The van der Waals surface area contributed by atoms with Gasteiger partial charge in [-0.25, -0.2) is 0 Å². The zero-order valence-corrected chi connectivity index (χ0v) is 18.9. The maximum absolute atomic E-state index is 10.0. The molecule has 0 atom stereocenters. The molecule has 0 saturated carbocycles. The van der Waals surface area contributed by atoms with Gasteiger partial charge in [-0.3, -0.25) is 14.8 Å². The van der Waals surface area contributed by atoms with Gasteiger partial charge in [-0.05, 0) is 69.0 Å². The summed E-state index contributed by atoms with van der Waals surface area (Å²) in [5, 5.41) is 10.0. The Kier molecular flexibility index (Phi) is 7.42. The number of aromatic nitrogens is 1. The first kappa shape index (κ1) is 22.2. The Balaban J connectivity index is 1.77. The minimum atomic E-state index is -0.277. The normalized spacial score (nSPS) is 15.6. The highest BCUT2D eigenvalue weighted by Crippen LogP contribution is 2.39. The Morgan fingerprint density at radius 3 is 2.40 bits per heavy atom. The van der Waals surface area contributed by atoms with E-state index < -0.39 is 0 Å². The first-order valence-electron chi connectivity index (χ1n) is 11.1. The van der Waals surface area contributed by atoms with E-state index in [9.17, 15) is 5.26 Å². The van der Waals surface area contributed by atoms with Crippen LogP contribution in [-0.2, 0) is 11.8 Å². The van der Waals surface area contributed by atoms with Crippen molar-refractivity contribution < 1.29 is 0 Å². The number of nitriles is 1. The van der Waals surface area contributed by atoms with Gasteiger partial charge in [0.1, 0.15) is 0 Å². The average molecular weight is 403 g/mol. The van der Waals surface area contributed by atoms with Crippen LogP contribution in [0.2, 0.25) is 0 Å². The summed E-state index contributed by atoms with van der Waals surface area (Å²) < 4.78 is 0. The standard InChI is InChI=1S/C26H34N4/c1-5-26(6-2,24(18-27)17-25-11-7-9-21(3)28-25)23-14-12-22(13-15-23)10-8-16-30-19-29(4)20-30/h7,9,11-15,17H,5-6,8,10,16,19-20H2,1-4H3/b24-17+. The Morgan fingerprint density at radius 2 is 1.83 bits per heavy atom. The molecule has 4 nitrogen and oxygen atoms in total. The highest BCUT2D eigenvalue weighted by atomic mass is 15.5. The number of pyridine rings is 1. The van der Waals surface area contributed by atoms with Crippen molar-refractivity contribution in [2.45, 2.75) is 51.9 Å². The summed E-state index contributed by atoms with van der Waals surface area (Å²) in [7, 11) is 2.15. The van der Waals surface area contributed by atoms with E-state index in [0.29, 0.717) is 0 Å². The maximum atomic E-state index is 10.0. The van der Waals surface area contributed by atoms with E-state index in [-0.39, 0.29) is 5.41 Å². The van der Waals surface area contributed by atoms with Crippen LogP contribution in [0.1, 0.15) is 55.6 Å². The van der Waals surface area contributed by atoms with E-state index in [1.807, 2.05) is 31.2 Å². The van der Waals surface area contributed by atoms with Crippen molar-refractivity contribution in [2.75, 3.05) is 26.9 Å². The molecule has 0 N–H and O–H groups in total. The smallest absolute Gasteiger partial charge is 0.0957 e. The summed E-state index contributed by atoms with van der Waals surface area (Å²) in [6.45, 7) is 9.67. The van der Waals surface area contributed by atoms with Crippen LogP contribution < -0.4 is 0 Å². The number of hydrogen-bond acceptors (Lipinski definition) is 4. The monoisotopic (exact) mass is 402 g/mol. The van der Waals surface area contributed by atoms with Crippen LogP contribution in [0.4, 0.5) is 0 Å². The van der Waals surface area contributed by atoms with Gasteiger partial charge in [-0.1, -0.05) is 44.2 Å². The molecule has 0 radical (unpaired) electrons. The third kappa shape index (κ3) is 4.98. The molecule has 1 aliphatic heterocycles. The summed E-state index contributed by atoms with van der Waals surface area (Å²) >= 11 is 0. The molecule has 0 spiro atoms. The van der Waals surface area contributed by atoms with E-state index in [4.69, 9.17) is 0 Å². The molecular formula is C26H34N4. The molecule has 1 fully saturated rings. The van der Waals surface area contributed by atoms with Crippen molar-refractivity contribution in [2.24, 2.45) is 0 Å². The molecule has 0 aliphatic carbocycles. The summed E-state index contributed by atoms with van der Waals surface area (Å²) in [6, 6.07) is 17.4. The minimum absolute atomic E-state index is 0.277. The van der Waals surface area contributed by atoms with Crippen molar-refractivity contribution in [3.63, 3.8) is 0 Å². The number of aryl methyl sites for hydroxylation is 2. The van der Waals surface area contributed by atoms with E-state index in [2.05, 4.69) is 66.0 Å². The van der Waals surface area contributed by atoms with Crippen LogP contribution in [0.25, 0.3) is 6.08 Å². The van der Waals surface area contributed by atoms with Crippen molar-refractivity contribution in [1.82, 2.24) is 14.8 Å². The summed E-state index contributed by atoms with van der Waals surface area (Å²) in [6.07, 6.45) is 6.02. The van der Waals surface area contributed by atoms with Gasteiger partial charge in [0.15, 0.2) is 0 Å². The zero-order valence-electron chi connectivity index (χ0n) is 18.9. The van der Waals surface area contributed by atoms with Crippen LogP contribution in [0.15, 0.2) is 48.0 Å². The Hall–Kier alpha value is -2.48. The molecule has 1 saturated heterocycles. The molecule has 4 heteroatoms. The molecule has 0 amide bonds. The fourth-order valence-electron chi connectivity index (χ4n) is 4.54. The van der Waals surface area contributed by atoms with Crippen molar-refractivity contribution in [3.8, 4) is 6.07 Å². The number of benzene rings is 1. The fraction of sp³-hybridized carbons (Fsp3) is 0.462. The van der Waals surface area contributed by atoms with Gasteiger partial charge in [-0.15, -0.1) is 0 Å². The number of rotatable bonds is 9. The van der Waals surface area contributed by atoms with Crippen molar-refractivity contribution in [3.05, 3.63) is 70.6 Å². The predicted molar refractivity (Wildman–Crippen MR) is 124 cm³/mol. The topological polar surface area (TPSA) is 43.2 Å². The van der Waals surface area contributed by atoms with Crippen LogP contribution in [0.3, 0.4) is 0 Å². The second-order valence-electron chi connectivity index (χ2n) is 8.50. The van der Waals surface area contributed by atoms with Crippen molar-refractivity contribution in [1.29, 1.82) is 5.26 Å². The highest BCUT2D eigenvalue weighted by molar-refractivity contribution is 5.60. The molecule has 1 aromatic carbocycles. The van der Waals surface area contributed by atoms with E-state index in [1.165, 1.54) is 17.5 Å². The zero-order chi connectivity index (χ0) is 21.6. The molecule has 30 heavy (non-hydrogen) atoms. The van der Waals surface area contributed by atoms with Crippen LogP contribution >= 0.6 is 0 Å². The summed E-state index contributed by atoms with van der Waals surface area (Å²) in [5.41, 5.74) is 4.93. The van der Waals surface area contributed by atoms with Gasteiger partial charge in [0.2, 0.25) is 0 Å². The molecule has 2 aromatic rings. The van der Waals surface area contributed by atoms with Crippen molar-refractivity contribution >= 4 is 6.08 Å². The molecule has 1 aromatic heterocycles. The van der Waals surface area contributed by atoms with E-state index in [0.717, 1.165) is 56.1 Å². The lowest BCUT2D eigenvalue weighted by Gasteiger charge is -2.40. The van der Waals surface area contributed by atoms with Crippen LogP contribution in [0, 0.1) is 18.3 Å². The predicted octanol–water partition coefficient (Wildman–Crippen LogP) is 5.15. The second-order valence-corrected chi connectivity index (χ2v) is 8.50. The largest absolute Gasteiger partial charge is 0.280 e. The Bertz CT molecular complexity index is 897. The Labute approximate surface area is 181 Å². The Morgan fingerprint density at radius 1 is 1.13 bits per heavy atom. The number of nitrogens with zero attached hydrogens (tertiary/aromatic N) is 4. The highest BCUT2D eigenvalue weighted by Gasteiger charge is 2.33. The fourth-order valence-corrected chi connectivity index (χ4v) is 4.54. The lowest BCUT2D eigenvalue weighted by atomic mass is 9.70. The van der Waals surface area contributed by atoms with Gasteiger partial charge in [0.25, 0.3) is 0 Å². The first-order valence-corrected chi connectivity index (χ1v) is 11.1. The number of hydrogen-bond donors (Lipinski definition) is 0. The molecular weight excluding hydrogens is 368 g/mol. The van der Waals surface area contributed by atoms with E-state index >= 15 is 0 Å². The SMILES string of the molecule is CCC(CC)(/C(C#N)=C/c1cccc(C)n1)c1ccc(CCCN2CN(C)C2)cc1. The van der Waals surface area contributed by atoms with Gasteiger partial charge >= 0.3 is 0 Å². The van der Waals surface area contributed by atoms with Gasteiger partial charge < -0.3 is 0 Å². The number of allylic oxidation sites excluding steroid dienone is 1. The summed E-state index contributed by atoms with van der Waals surface area (Å²) in [4.78, 5) is 9.37. The van der Waals surface area contributed by atoms with Gasteiger partial charge in [-0.2, -0.15) is 5.26 Å². The first-order chi connectivity index (χ1) is 14.5. The lowest BCUT2D eigenvalue weighted by Crippen LogP contribution is -2.52. The molecule has 2 heterocycles. The summed E-state index contributed by atoms with van der Waals surface area (Å²) in [5.74, 6) is 0. The quantitative estimate of drug-likeness (QED) is 0.544. The van der Waals surface area contributed by atoms with Crippen LogP contribution in [0.5, 0.6) is 0 Å². The molecule has 158 valence electrons. The molecule has 0 bridgehead atoms. The minimum Gasteiger partial charge on any atom is -0.280 e. The third-order valence-corrected chi connectivity index (χ3v) is 6.37. The van der Waals surface area contributed by atoms with Gasteiger partial charge in [0.05, 0.1) is 25.1 Å².